The van der Waals surface area contributed by atoms with Gasteiger partial charge in [0.15, 0.2) is 5.78 Å². The molecule has 0 atom stereocenters. The Morgan fingerprint density at radius 2 is 1.96 bits per heavy atom. The van der Waals surface area contributed by atoms with Gasteiger partial charge in [0.25, 0.3) is 0 Å². The van der Waals surface area contributed by atoms with Crippen molar-refractivity contribution in [3.63, 3.8) is 0 Å². The summed E-state index contributed by atoms with van der Waals surface area (Å²) in [7, 11) is 0.142. The van der Waals surface area contributed by atoms with Gasteiger partial charge in [0.05, 0.1) is 12.6 Å². The summed E-state index contributed by atoms with van der Waals surface area (Å²) in [5.74, 6) is -0.789. The molecule has 0 amide bonds. The number of nitrogens with zero attached hydrogens (tertiary/aromatic N) is 1. The Morgan fingerprint density at radius 3 is 2.60 bits per heavy atom. The smallest absolute Gasteiger partial charge is 0.313 e. The Hall–Kier alpha value is -1.44. The fourth-order valence-corrected chi connectivity index (χ4v) is 3.56. The van der Waals surface area contributed by atoms with Gasteiger partial charge < -0.3 is 14.0 Å². The van der Waals surface area contributed by atoms with Crippen molar-refractivity contribution in [2.45, 2.75) is 38.8 Å². The number of ketones is 1. The first-order valence-corrected chi connectivity index (χ1v) is 12.7. The molecule has 25 heavy (non-hydrogen) atoms. The number of ether oxygens (including phenoxy) is 2. The molecule has 0 N–H and O–H groups in total. The predicted molar refractivity (Wildman–Crippen MR) is 105 cm³/mol. The Labute approximate surface area is 157 Å². The Balaban J connectivity index is 2.23. The molecule has 1 aromatic heterocycles. The third-order valence-electron chi connectivity index (χ3n) is 3.90. The number of halogens is 1. The summed E-state index contributed by atoms with van der Waals surface area (Å²) < 4.78 is 13.2. The largest absolute Gasteiger partial charge is 0.469 e. The van der Waals surface area contributed by atoms with E-state index in [2.05, 4.69) is 40.3 Å². The number of methoxy groups -OCH3 is 1. The van der Waals surface area contributed by atoms with Crippen LogP contribution in [-0.2, 0) is 21.0 Å². The minimum atomic E-state index is -1.14. The summed E-state index contributed by atoms with van der Waals surface area (Å²) in [6.07, 6.45) is 1.50. The molecule has 7 heteroatoms. The third-order valence-corrected chi connectivity index (χ3v) is 6.10. The minimum absolute atomic E-state index is 0.254. The zero-order valence-corrected chi connectivity index (χ0v) is 17.7. The number of hydrogen-bond donors (Lipinski definition) is 0. The molecule has 0 aliphatic rings. The van der Waals surface area contributed by atoms with Gasteiger partial charge in [-0.15, -0.1) is 0 Å². The normalized spacial score (nSPS) is 11.7. The van der Waals surface area contributed by atoms with Gasteiger partial charge in [-0.25, -0.2) is 0 Å². The lowest BCUT2D eigenvalue weighted by molar-refractivity contribution is -0.139. The summed E-state index contributed by atoms with van der Waals surface area (Å²) in [6.45, 7) is 8.01. The molecule has 0 bridgehead atoms. The number of carbonyl (C=O) groups is 2. The number of hydrogen-bond acceptors (Lipinski definition) is 4. The fourth-order valence-electron chi connectivity index (χ4n) is 2.44. The maximum Gasteiger partial charge on any atom is 0.313 e. The van der Waals surface area contributed by atoms with Crippen LogP contribution in [0.5, 0.6) is 0 Å². The van der Waals surface area contributed by atoms with E-state index in [0.29, 0.717) is 18.9 Å². The van der Waals surface area contributed by atoms with Crippen molar-refractivity contribution < 1.29 is 19.1 Å². The molecule has 0 unspecified atom stereocenters. The maximum absolute atomic E-state index is 12.4. The van der Waals surface area contributed by atoms with E-state index in [1.165, 1.54) is 7.11 Å². The molecule has 0 spiro atoms. The maximum atomic E-state index is 12.4. The quantitative estimate of drug-likeness (QED) is 0.206. The zero-order valence-electron chi connectivity index (χ0n) is 15.1. The van der Waals surface area contributed by atoms with E-state index < -0.39 is 14.0 Å². The molecule has 136 valence electrons. The van der Waals surface area contributed by atoms with Gasteiger partial charge in [0.1, 0.15) is 13.2 Å². The molecule has 1 heterocycles. The average molecular weight is 426 g/mol. The molecule has 0 aliphatic carbocycles. The molecule has 0 aliphatic heterocycles. The second kappa shape index (κ2) is 8.29. The number of benzene rings is 1. The van der Waals surface area contributed by atoms with Gasteiger partial charge in [-0.2, -0.15) is 0 Å². The molecule has 0 saturated heterocycles. The van der Waals surface area contributed by atoms with Crippen LogP contribution in [0, 0.1) is 0 Å². The number of aromatic nitrogens is 1. The zero-order chi connectivity index (χ0) is 18.6. The van der Waals surface area contributed by atoms with E-state index in [0.717, 1.165) is 21.4 Å². The lowest BCUT2D eigenvalue weighted by atomic mass is 10.1. The Kier molecular flexibility index (Phi) is 6.59. The van der Waals surface area contributed by atoms with E-state index in [1.807, 2.05) is 22.8 Å². The van der Waals surface area contributed by atoms with E-state index >= 15 is 0 Å². The van der Waals surface area contributed by atoms with Crippen LogP contribution in [0.15, 0.2) is 28.9 Å². The van der Waals surface area contributed by atoms with Gasteiger partial charge in [-0.1, -0.05) is 35.6 Å². The topological polar surface area (TPSA) is 57.5 Å². The highest BCUT2D eigenvalue weighted by molar-refractivity contribution is 9.10. The molecule has 0 radical (unpaired) electrons. The molecule has 5 nitrogen and oxygen atoms in total. The molecule has 0 saturated carbocycles. The highest BCUT2D eigenvalue weighted by Gasteiger charge is 2.19. The van der Waals surface area contributed by atoms with Crippen LogP contribution in [0.2, 0.25) is 25.7 Å². The first-order chi connectivity index (χ1) is 11.7. The van der Waals surface area contributed by atoms with Crippen molar-refractivity contribution in [3.05, 3.63) is 34.4 Å². The van der Waals surface area contributed by atoms with Crippen molar-refractivity contribution in [2.24, 2.45) is 0 Å². The van der Waals surface area contributed by atoms with Crippen molar-refractivity contribution in [1.29, 1.82) is 0 Å². The van der Waals surface area contributed by atoms with Crippen LogP contribution in [0.3, 0.4) is 0 Å². The second-order valence-electron chi connectivity index (χ2n) is 7.20. The molecular weight excluding hydrogens is 402 g/mol. The summed E-state index contributed by atoms with van der Waals surface area (Å²) in [4.78, 5) is 23.9. The molecular formula is C18H24BrNO4Si. The summed E-state index contributed by atoms with van der Waals surface area (Å²) in [6, 6.07) is 6.84. The van der Waals surface area contributed by atoms with Crippen LogP contribution in [-0.4, -0.2) is 38.1 Å². The highest BCUT2D eigenvalue weighted by Crippen LogP contribution is 2.26. The summed E-state index contributed by atoms with van der Waals surface area (Å²) in [5, 5.41) is 0.803. The van der Waals surface area contributed by atoms with Crippen LogP contribution in [0.25, 0.3) is 10.9 Å². The van der Waals surface area contributed by atoms with Crippen molar-refractivity contribution in [3.8, 4) is 0 Å². The number of carbonyl (C=O) groups excluding carboxylic acids is 2. The third kappa shape index (κ3) is 5.52. The van der Waals surface area contributed by atoms with Crippen LogP contribution < -0.4 is 0 Å². The number of rotatable bonds is 8. The number of esters is 1. The van der Waals surface area contributed by atoms with Crippen molar-refractivity contribution in [2.75, 3.05) is 13.7 Å². The van der Waals surface area contributed by atoms with Crippen LogP contribution in [0.1, 0.15) is 16.8 Å². The van der Waals surface area contributed by atoms with Gasteiger partial charge >= 0.3 is 5.97 Å². The first-order valence-electron chi connectivity index (χ1n) is 8.17. The minimum Gasteiger partial charge on any atom is -0.469 e. The standard InChI is InChI=1S/C18H24BrNO4Si/c1-23-18(22)10-17(21)15-11-20(12-24-7-8-25(2,3)4)16-6-5-13(19)9-14(15)16/h5-6,9,11H,7-8,10,12H2,1-4H3. The molecule has 2 aromatic rings. The summed E-state index contributed by atoms with van der Waals surface area (Å²) >= 11 is 3.44. The molecule has 2 rings (SSSR count). The van der Waals surface area contributed by atoms with E-state index in [9.17, 15) is 9.59 Å². The Bertz CT molecular complexity index is 779. The van der Waals surface area contributed by atoms with Gasteiger partial charge in [-0.05, 0) is 24.2 Å². The van der Waals surface area contributed by atoms with Crippen molar-refractivity contribution >= 4 is 46.7 Å². The SMILES string of the molecule is COC(=O)CC(=O)c1cn(COCC[Si](C)(C)C)c2ccc(Br)cc12. The van der Waals surface area contributed by atoms with Gasteiger partial charge in [-0.3, -0.25) is 9.59 Å². The molecule has 1 aromatic carbocycles. The lowest BCUT2D eigenvalue weighted by Crippen LogP contribution is -2.21. The highest BCUT2D eigenvalue weighted by atomic mass is 79.9. The molecule has 0 fully saturated rings. The van der Waals surface area contributed by atoms with E-state index in [-0.39, 0.29) is 12.2 Å². The lowest BCUT2D eigenvalue weighted by Gasteiger charge is -2.15. The van der Waals surface area contributed by atoms with Crippen LogP contribution in [0.4, 0.5) is 0 Å². The predicted octanol–water partition coefficient (Wildman–Crippen LogP) is 4.46. The van der Waals surface area contributed by atoms with Gasteiger partial charge in [0, 0.05) is 36.3 Å². The van der Waals surface area contributed by atoms with Crippen molar-refractivity contribution in [1.82, 2.24) is 4.57 Å². The number of Topliss-reactive ketones (excluding diaryl/α,β-unsaturated/α-hetero) is 1. The Morgan fingerprint density at radius 1 is 1.24 bits per heavy atom. The average Bonchev–Trinajstić information content (AvgIpc) is 2.88. The first kappa shape index (κ1) is 19.9. The monoisotopic (exact) mass is 425 g/mol. The van der Waals surface area contributed by atoms with Gasteiger partial charge in [0.2, 0.25) is 0 Å². The van der Waals surface area contributed by atoms with E-state index in [4.69, 9.17) is 4.74 Å². The summed E-state index contributed by atoms with van der Waals surface area (Å²) in [5.41, 5.74) is 1.42. The van der Waals surface area contributed by atoms with E-state index in [1.54, 1.807) is 6.20 Å². The second-order valence-corrected chi connectivity index (χ2v) is 13.7. The van der Waals surface area contributed by atoms with Crippen LogP contribution >= 0.6 is 15.9 Å². The fraction of sp³-hybridized carbons (Fsp3) is 0.444. The number of fused-ring (bicyclic) bond motifs is 1.